The molecule has 2 aliphatic carbocycles. The molecule has 0 bridgehead atoms. The van der Waals surface area contributed by atoms with E-state index in [1.165, 1.54) is 22.0 Å². The molecule has 0 saturated heterocycles. The number of methoxy groups -OCH3 is 2. The monoisotopic (exact) mass is 475 g/mol. The SMILES string of the molecule is COC[C@H]1CCc2cc3c(c(NC(=O)N=[S@@](N)(=O)c4cnn5c4OC[C@@H](OC)C5)c21)CCC3. The highest BCUT2D eigenvalue weighted by atomic mass is 32.2. The summed E-state index contributed by atoms with van der Waals surface area (Å²) in [5.74, 6) is 0.465. The molecule has 3 N–H and O–H groups in total. The van der Waals surface area contributed by atoms with Gasteiger partial charge in [-0.3, -0.25) is 0 Å². The largest absolute Gasteiger partial charge is 0.474 e. The van der Waals surface area contributed by atoms with Crippen LogP contribution in [0.3, 0.4) is 0 Å². The summed E-state index contributed by atoms with van der Waals surface area (Å²) in [4.78, 5) is 13.1. The highest BCUT2D eigenvalue weighted by molar-refractivity contribution is 7.91. The first-order valence-electron chi connectivity index (χ1n) is 11.1. The van der Waals surface area contributed by atoms with Gasteiger partial charge in [0.25, 0.3) is 0 Å². The molecule has 0 unspecified atom stereocenters. The molecule has 0 spiro atoms. The second-order valence-corrected chi connectivity index (χ2v) is 10.5. The lowest BCUT2D eigenvalue weighted by Crippen LogP contribution is -2.32. The number of rotatable bonds is 5. The molecule has 11 heteroatoms. The molecular formula is C22H29N5O5S. The van der Waals surface area contributed by atoms with Crippen LogP contribution in [0.1, 0.15) is 41.0 Å². The smallest absolute Gasteiger partial charge is 0.354 e. The molecule has 3 aliphatic rings. The van der Waals surface area contributed by atoms with E-state index in [-0.39, 0.29) is 29.4 Å². The molecule has 0 fully saturated rings. The van der Waals surface area contributed by atoms with Gasteiger partial charge in [-0.25, -0.2) is 18.8 Å². The molecule has 1 aromatic carbocycles. The van der Waals surface area contributed by atoms with Crippen LogP contribution in [-0.4, -0.2) is 53.6 Å². The minimum absolute atomic E-state index is 0.105. The molecule has 2 heterocycles. The Kier molecular flexibility index (Phi) is 5.89. The molecule has 10 nitrogen and oxygen atoms in total. The molecule has 1 aliphatic heterocycles. The fourth-order valence-corrected chi connectivity index (χ4v) is 6.18. The summed E-state index contributed by atoms with van der Waals surface area (Å²) in [5, 5.41) is 13.2. The molecule has 5 rings (SSSR count). The highest BCUT2D eigenvalue weighted by Gasteiger charge is 2.32. The van der Waals surface area contributed by atoms with Crippen molar-refractivity contribution >= 4 is 21.6 Å². The number of benzene rings is 1. The summed E-state index contributed by atoms with van der Waals surface area (Å²) in [6, 6.07) is 1.54. The summed E-state index contributed by atoms with van der Waals surface area (Å²) >= 11 is 0. The Balaban J connectivity index is 1.47. The topological polar surface area (TPSA) is 130 Å². The third-order valence-corrected chi connectivity index (χ3v) is 8.05. The van der Waals surface area contributed by atoms with Crippen molar-refractivity contribution in [2.24, 2.45) is 9.50 Å². The molecule has 0 saturated carbocycles. The first-order chi connectivity index (χ1) is 15.9. The van der Waals surface area contributed by atoms with E-state index >= 15 is 0 Å². The number of nitrogens with two attached hydrogens (primary N) is 1. The lowest BCUT2D eigenvalue weighted by molar-refractivity contribution is 0.0165. The number of urea groups is 1. The number of aryl methyl sites for hydroxylation is 2. The normalized spacial score (nSPS) is 22.6. The first kappa shape index (κ1) is 22.3. The number of fused-ring (bicyclic) bond motifs is 3. The fourth-order valence-electron chi connectivity index (χ4n) is 5.18. The van der Waals surface area contributed by atoms with Crippen molar-refractivity contribution in [1.82, 2.24) is 9.78 Å². The third kappa shape index (κ3) is 4.03. The minimum Gasteiger partial charge on any atom is -0.474 e. The highest BCUT2D eigenvalue weighted by Crippen LogP contribution is 2.44. The van der Waals surface area contributed by atoms with Crippen molar-refractivity contribution < 1.29 is 23.2 Å². The van der Waals surface area contributed by atoms with Crippen LogP contribution < -0.4 is 15.2 Å². The van der Waals surface area contributed by atoms with Gasteiger partial charge in [-0.2, -0.15) is 5.10 Å². The fraction of sp³-hybridized carbons (Fsp3) is 0.545. The number of hydrogen-bond acceptors (Lipinski definition) is 6. The van der Waals surface area contributed by atoms with E-state index in [0.717, 1.165) is 48.9 Å². The van der Waals surface area contributed by atoms with E-state index < -0.39 is 15.9 Å². The Morgan fingerprint density at radius 1 is 1.36 bits per heavy atom. The van der Waals surface area contributed by atoms with Crippen LogP contribution in [-0.2, 0) is 45.2 Å². The zero-order chi connectivity index (χ0) is 23.2. The Bertz CT molecular complexity index is 1220. The van der Waals surface area contributed by atoms with E-state index in [4.69, 9.17) is 19.3 Å². The Morgan fingerprint density at radius 3 is 3.00 bits per heavy atom. The van der Waals surface area contributed by atoms with Gasteiger partial charge in [0, 0.05) is 25.8 Å². The van der Waals surface area contributed by atoms with Gasteiger partial charge in [-0.1, -0.05) is 6.07 Å². The Labute approximate surface area is 193 Å². The van der Waals surface area contributed by atoms with Crippen molar-refractivity contribution in [2.45, 2.75) is 55.6 Å². The summed E-state index contributed by atoms with van der Waals surface area (Å²) in [5.41, 5.74) is 5.55. The average molecular weight is 476 g/mol. The number of amides is 2. The van der Waals surface area contributed by atoms with Crippen LogP contribution in [0.4, 0.5) is 10.5 Å². The number of carbonyl (C=O) groups excluding carboxylic acids is 1. The lowest BCUT2D eigenvalue weighted by Gasteiger charge is -2.23. The van der Waals surface area contributed by atoms with Gasteiger partial charge in [-0.05, 0) is 54.4 Å². The quantitative estimate of drug-likeness (QED) is 0.683. The summed E-state index contributed by atoms with van der Waals surface area (Å²) in [7, 11) is -0.291. The van der Waals surface area contributed by atoms with Gasteiger partial charge in [-0.15, -0.1) is 4.36 Å². The average Bonchev–Trinajstić information content (AvgIpc) is 3.51. The molecule has 3 atom stereocenters. The predicted octanol–water partition coefficient (Wildman–Crippen LogP) is 2.39. The van der Waals surface area contributed by atoms with Gasteiger partial charge in [0.1, 0.15) is 17.6 Å². The number of nitrogens with zero attached hydrogens (tertiary/aromatic N) is 3. The Hall–Kier alpha value is -2.47. The lowest BCUT2D eigenvalue weighted by atomic mass is 9.94. The van der Waals surface area contributed by atoms with Gasteiger partial charge in [0.2, 0.25) is 5.88 Å². The summed E-state index contributed by atoms with van der Waals surface area (Å²) in [6.07, 6.45) is 6.04. The molecule has 0 radical (unpaired) electrons. The van der Waals surface area contributed by atoms with Crippen molar-refractivity contribution in [3.63, 3.8) is 0 Å². The van der Waals surface area contributed by atoms with Crippen molar-refractivity contribution in [1.29, 1.82) is 0 Å². The van der Waals surface area contributed by atoms with Crippen LogP contribution in [0.5, 0.6) is 5.88 Å². The Morgan fingerprint density at radius 2 is 2.21 bits per heavy atom. The van der Waals surface area contributed by atoms with Crippen LogP contribution in [0.15, 0.2) is 21.5 Å². The standard InChI is InChI=1S/C22H29N5O5S/c1-30-11-15-7-6-14-8-13-4-3-5-17(13)20(19(14)15)25-22(28)26-33(23,29)18-9-24-27-10-16(31-2)12-32-21(18)27/h8-9,15-16H,3-7,10-12H2,1-2H3,(H3,23,25,26,28,29)/t15-,16+,33-/m1/s1. The molecule has 178 valence electrons. The van der Waals surface area contributed by atoms with Crippen molar-refractivity contribution in [2.75, 3.05) is 32.8 Å². The zero-order valence-electron chi connectivity index (χ0n) is 18.8. The zero-order valence-corrected chi connectivity index (χ0v) is 19.7. The molecule has 33 heavy (non-hydrogen) atoms. The van der Waals surface area contributed by atoms with E-state index in [9.17, 15) is 9.00 Å². The van der Waals surface area contributed by atoms with Crippen LogP contribution in [0.2, 0.25) is 0 Å². The van der Waals surface area contributed by atoms with Crippen molar-refractivity contribution in [3.8, 4) is 5.88 Å². The molecular weight excluding hydrogens is 446 g/mol. The number of anilines is 1. The summed E-state index contributed by atoms with van der Waals surface area (Å²) < 4.78 is 35.0. The third-order valence-electron chi connectivity index (χ3n) is 6.71. The number of carbonyl (C=O) groups is 1. The molecule has 2 aromatic rings. The first-order valence-corrected chi connectivity index (χ1v) is 12.7. The van der Waals surface area contributed by atoms with Gasteiger partial charge in [0.05, 0.1) is 19.3 Å². The summed E-state index contributed by atoms with van der Waals surface area (Å²) in [6.45, 7) is 1.30. The van der Waals surface area contributed by atoms with Crippen LogP contribution in [0, 0.1) is 0 Å². The molecule has 2 amide bonds. The maximum absolute atomic E-state index is 13.3. The number of nitrogens with one attached hydrogen (secondary N) is 1. The van der Waals surface area contributed by atoms with Gasteiger partial charge < -0.3 is 19.5 Å². The van der Waals surface area contributed by atoms with E-state index in [0.29, 0.717) is 13.2 Å². The van der Waals surface area contributed by atoms with E-state index in [2.05, 4.69) is 20.8 Å². The second-order valence-electron chi connectivity index (χ2n) is 8.76. The van der Waals surface area contributed by atoms with Gasteiger partial charge in [0.15, 0.2) is 9.92 Å². The van der Waals surface area contributed by atoms with Crippen LogP contribution in [0.25, 0.3) is 0 Å². The minimum atomic E-state index is -3.56. The molecule has 1 aromatic heterocycles. The van der Waals surface area contributed by atoms with E-state index in [1.807, 2.05) is 0 Å². The van der Waals surface area contributed by atoms with Crippen molar-refractivity contribution in [3.05, 3.63) is 34.5 Å². The van der Waals surface area contributed by atoms with E-state index in [1.54, 1.807) is 14.2 Å². The second kappa shape index (κ2) is 8.71. The maximum atomic E-state index is 13.3. The van der Waals surface area contributed by atoms with Gasteiger partial charge >= 0.3 is 6.03 Å². The number of ether oxygens (including phenoxy) is 3. The number of hydrogen-bond donors (Lipinski definition) is 2. The van der Waals surface area contributed by atoms with Crippen LogP contribution >= 0.6 is 0 Å². The number of aromatic nitrogens is 2. The maximum Gasteiger partial charge on any atom is 0.354 e. The predicted molar refractivity (Wildman–Crippen MR) is 122 cm³/mol.